The van der Waals surface area contributed by atoms with Gasteiger partial charge < -0.3 is 0 Å². The molecule has 0 aromatic heterocycles. The molecule has 98 valence electrons. The Morgan fingerprint density at radius 3 is 2.16 bits per heavy atom. The first-order valence-electron chi connectivity index (χ1n) is 5.84. The summed E-state index contributed by atoms with van der Waals surface area (Å²) in [6.45, 7) is 2.71. The quantitative estimate of drug-likeness (QED) is 0.685. The number of allylic oxidation sites excluding steroid dienone is 4. The second-order valence-corrected chi connectivity index (χ2v) is 4.55. The van der Waals surface area contributed by atoms with Gasteiger partial charge in [-0.25, -0.2) is 0 Å². The molecule has 0 aromatic carbocycles. The van der Waals surface area contributed by atoms with E-state index in [1.54, 1.807) is 6.08 Å². The maximum absolute atomic E-state index is 11.9. The molecule has 2 rings (SSSR count). The van der Waals surface area contributed by atoms with Crippen molar-refractivity contribution < 1.29 is 19.2 Å². The molecule has 0 N–H and O–H groups in total. The molecule has 1 fully saturated rings. The van der Waals surface area contributed by atoms with Crippen LogP contribution in [0.2, 0.25) is 0 Å². The molecule has 2 aliphatic rings. The minimum absolute atomic E-state index is 0.187. The number of likely N-dealkylation sites (tertiary alicyclic amines) is 1. The Kier molecular flexibility index (Phi) is 3.06. The van der Waals surface area contributed by atoms with Crippen LogP contribution in [0.25, 0.3) is 0 Å². The highest BCUT2D eigenvalue weighted by Gasteiger charge is 2.37. The highest BCUT2D eigenvalue weighted by atomic mass is 16.2. The maximum Gasteiger partial charge on any atom is 0.261 e. The normalized spacial score (nSPS) is 19.0. The van der Waals surface area contributed by atoms with Gasteiger partial charge in [0.1, 0.15) is 0 Å². The van der Waals surface area contributed by atoms with E-state index in [0.29, 0.717) is 5.57 Å². The van der Waals surface area contributed by atoms with Gasteiger partial charge >= 0.3 is 0 Å². The fraction of sp³-hybridized carbons (Fsp3) is 0.286. The van der Waals surface area contributed by atoms with Crippen molar-refractivity contribution in [1.82, 2.24) is 4.90 Å². The lowest BCUT2D eigenvalue weighted by atomic mass is 9.99. The summed E-state index contributed by atoms with van der Waals surface area (Å²) in [7, 11) is 1.39. The van der Waals surface area contributed by atoms with Crippen molar-refractivity contribution in [2.24, 2.45) is 0 Å². The number of imide groups is 1. The number of rotatable bonds is 2. The van der Waals surface area contributed by atoms with E-state index in [0.717, 1.165) is 4.90 Å². The summed E-state index contributed by atoms with van der Waals surface area (Å²) >= 11 is 0. The second-order valence-electron chi connectivity index (χ2n) is 4.55. The predicted molar refractivity (Wildman–Crippen MR) is 66.9 cm³/mol. The smallest absolute Gasteiger partial charge is 0.261 e. The third-order valence-corrected chi connectivity index (χ3v) is 3.29. The van der Waals surface area contributed by atoms with Gasteiger partial charge in [0.05, 0.1) is 5.57 Å². The fourth-order valence-electron chi connectivity index (χ4n) is 2.21. The van der Waals surface area contributed by atoms with Crippen molar-refractivity contribution in [3.63, 3.8) is 0 Å². The summed E-state index contributed by atoms with van der Waals surface area (Å²) in [5.41, 5.74) is 1.01. The molecule has 5 nitrogen and oxygen atoms in total. The number of nitrogens with zero attached hydrogens (tertiary/aromatic N) is 1. The summed E-state index contributed by atoms with van der Waals surface area (Å²) in [5, 5.41) is 0. The molecule has 0 atom stereocenters. The molecule has 0 saturated carbocycles. The summed E-state index contributed by atoms with van der Waals surface area (Å²) in [4.78, 5) is 48.0. The number of carbonyl (C=O) groups is 4. The number of likely N-dealkylation sites (N-methyl/N-ethyl adjacent to an activating group) is 1. The van der Waals surface area contributed by atoms with Crippen molar-refractivity contribution in [3.8, 4) is 0 Å². The summed E-state index contributed by atoms with van der Waals surface area (Å²) in [5.74, 6) is -1.36. The molecule has 0 unspecified atom stereocenters. The minimum atomic E-state index is -0.445. The molecule has 1 aliphatic heterocycles. The largest absolute Gasteiger partial charge is 0.295 e. The molecule has 0 radical (unpaired) electrons. The first-order chi connectivity index (χ1) is 8.84. The van der Waals surface area contributed by atoms with Gasteiger partial charge in [0.2, 0.25) is 0 Å². The molecule has 1 heterocycles. The van der Waals surface area contributed by atoms with Crippen LogP contribution < -0.4 is 0 Å². The van der Waals surface area contributed by atoms with E-state index in [4.69, 9.17) is 0 Å². The molecule has 19 heavy (non-hydrogen) atoms. The van der Waals surface area contributed by atoms with Crippen LogP contribution in [0.3, 0.4) is 0 Å². The number of ketones is 2. The number of carbonyl (C=O) groups excluding carboxylic acids is 4. The van der Waals surface area contributed by atoms with E-state index >= 15 is 0 Å². The Labute approximate surface area is 110 Å². The Bertz CT molecular complexity index is 619. The van der Waals surface area contributed by atoms with Crippen LogP contribution in [0, 0.1) is 0 Å². The molecular formula is C14H13NO4. The van der Waals surface area contributed by atoms with Crippen LogP contribution in [0.1, 0.15) is 20.3 Å². The van der Waals surface area contributed by atoms with Crippen molar-refractivity contribution in [1.29, 1.82) is 0 Å². The van der Waals surface area contributed by atoms with Crippen molar-refractivity contribution in [2.75, 3.05) is 7.05 Å². The van der Waals surface area contributed by atoms with Crippen LogP contribution in [0.4, 0.5) is 0 Å². The topological polar surface area (TPSA) is 71.5 Å². The van der Waals surface area contributed by atoms with E-state index in [-0.39, 0.29) is 34.7 Å². The zero-order chi connectivity index (χ0) is 14.3. The molecule has 0 bridgehead atoms. The highest BCUT2D eigenvalue weighted by Crippen LogP contribution is 2.30. The monoisotopic (exact) mass is 259 g/mol. The molecule has 1 aliphatic carbocycles. The minimum Gasteiger partial charge on any atom is -0.295 e. The standard InChI is InChI=1S/C14H13NO4/c1-7(16)9-4-5-10-12(6-11(9)8(2)17)14(19)15(3)13(10)18/h5-6H,4H2,1-3H3. The zero-order valence-corrected chi connectivity index (χ0v) is 10.9. The van der Waals surface area contributed by atoms with E-state index in [2.05, 4.69) is 0 Å². The predicted octanol–water partition coefficient (Wildman–Crippen LogP) is 0.716. The van der Waals surface area contributed by atoms with E-state index in [1.807, 2.05) is 0 Å². The highest BCUT2D eigenvalue weighted by molar-refractivity contribution is 6.25. The van der Waals surface area contributed by atoms with Crippen LogP contribution in [0.15, 0.2) is 34.4 Å². The van der Waals surface area contributed by atoms with Crippen molar-refractivity contribution >= 4 is 23.4 Å². The first kappa shape index (κ1) is 13.1. The number of hydrogen-bond acceptors (Lipinski definition) is 4. The second kappa shape index (κ2) is 4.42. The summed E-state index contributed by atoms with van der Waals surface area (Å²) < 4.78 is 0. The van der Waals surface area contributed by atoms with Crippen LogP contribution >= 0.6 is 0 Å². The van der Waals surface area contributed by atoms with E-state index in [1.165, 1.54) is 27.0 Å². The molecule has 5 heteroatoms. The van der Waals surface area contributed by atoms with Crippen molar-refractivity contribution in [3.05, 3.63) is 34.4 Å². The Morgan fingerprint density at radius 2 is 1.63 bits per heavy atom. The fourth-order valence-corrected chi connectivity index (χ4v) is 2.21. The zero-order valence-electron chi connectivity index (χ0n) is 10.9. The van der Waals surface area contributed by atoms with Crippen LogP contribution in [0.5, 0.6) is 0 Å². The third kappa shape index (κ3) is 1.97. The van der Waals surface area contributed by atoms with Crippen molar-refractivity contribution in [2.45, 2.75) is 20.3 Å². The number of amides is 2. The number of hydrogen-bond donors (Lipinski definition) is 0. The van der Waals surface area contributed by atoms with E-state index < -0.39 is 11.8 Å². The SMILES string of the molecule is CC(=O)C1=C(C(C)=O)CC=C2C(=O)N(C)C(=O)C2=C1. The van der Waals surface area contributed by atoms with Crippen LogP contribution in [-0.4, -0.2) is 35.3 Å². The van der Waals surface area contributed by atoms with Gasteiger partial charge in [0, 0.05) is 23.8 Å². The lowest BCUT2D eigenvalue weighted by Gasteiger charge is -2.06. The number of Topliss-reactive ketones (excluding diaryl/α,β-unsaturated/α-hetero) is 2. The maximum atomic E-state index is 11.9. The summed E-state index contributed by atoms with van der Waals surface area (Å²) in [6.07, 6.45) is 3.09. The Hall–Kier alpha value is -2.30. The Morgan fingerprint density at radius 1 is 1.05 bits per heavy atom. The Balaban J connectivity index is 2.66. The summed E-state index contributed by atoms with van der Waals surface area (Å²) in [6, 6.07) is 0. The van der Waals surface area contributed by atoms with Gasteiger partial charge in [-0.2, -0.15) is 0 Å². The van der Waals surface area contributed by atoms with Gasteiger partial charge in [0.25, 0.3) is 11.8 Å². The molecule has 2 amide bonds. The van der Waals surface area contributed by atoms with E-state index in [9.17, 15) is 19.2 Å². The lowest BCUT2D eigenvalue weighted by molar-refractivity contribution is -0.134. The van der Waals surface area contributed by atoms with Gasteiger partial charge in [0.15, 0.2) is 11.6 Å². The van der Waals surface area contributed by atoms with Crippen LogP contribution in [-0.2, 0) is 19.2 Å². The van der Waals surface area contributed by atoms with Gasteiger partial charge in [-0.3, -0.25) is 24.1 Å². The number of fused-ring (bicyclic) bond motifs is 1. The van der Waals surface area contributed by atoms with Gasteiger partial charge in [-0.15, -0.1) is 0 Å². The molecule has 0 aromatic rings. The average Bonchev–Trinajstić information content (AvgIpc) is 2.54. The van der Waals surface area contributed by atoms with Gasteiger partial charge in [-0.05, 0) is 26.3 Å². The average molecular weight is 259 g/mol. The van der Waals surface area contributed by atoms with Gasteiger partial charge in [-0.1, -0.05) is 6.08 Å². The molecular weight excluding hydrogens is 246 g/mol. The molecule has 1 saturated heterocycles. The third-order valence-electron chi connectivity index (χ3n) is 3.29. The first-order valence-corrected chi connectivity index (χ1v) is 5.84. The lowest BCUT2D eigenvalue weighted by Crippen LogP contribution is -2.24. The molecule has 0 spiro atoms.